The van der Waals surface area contributed by atoms with E-state index in [4.69, 9.17) is 4.74 Å². The molecule has 9 nitrogen and oxygen atoms in total. The van der Waals surface area contributed by atoms with Gasteiger partial charge in [-0.05, 0) is 31.0 Å². The summed E-state index contributed by atoms with van der Waals surface area (Å²) in [7, 11) is 3.80. The normalized spacial score (nSPS) is 19.0. The van der Waals surface area contributed by atoms with Gasteiger partial charge >= 0.3 is 6.03 Å². The minimum atomic E-state index is -0.132. The number of carbonyl (C=O) groups is 2. The number of para-hydroxylation sites is 1. The van der Waals surface area contributed by atoms with Crippen LogP contribution in [-0.2, 0) is 4.79 Å². The number of likely N-dealkylation sites (tertiary alicyclic amines) is 1. The van der Waals surface area contributed by atoms with Gasteiger partial charge in [0, 0.05) is 45.5 Å². The van der Waals surface area contributed by atoms with Crippen LogP contribution in [-0.4, -0.2) is 84.9 Å². The standard InChI is InChI=1S/C22H28N6O3/c1-25(2)19-10-11-20(24-23-19)31-18-9-6-12-26(15-18)21(29)16-27-13-14-28(22(27)30)17-7-4-3-5-8-17/h3-5,7-8,10-11,18H,6,9,12-16H2,1-2H3. The molecule has 0 bridgehead atoms. The fourth-order valence-electron chi connectivity index (χ4n) is 3.89. The second-order valence-electron chi connectivity index (χ2n) is 8.04. The molecular formula is C22H28N6O3. The second kappa shape index (κ2) is 9.20. The van der Waals surface area contributed by atoms with Crippen LogP contribution in [0, 0.1) is 0 Å². The van der Waals surface area contributed by atoms with Crippen molar-refractivity contribution in [2.24, 2.45) is 0 Å². The number of ether oxygens (including phenoxy) is 1. The van der Waals surface area contributed by atoms with Crippen molar-refractivity contribution in [2.75, 3.05) is 56.6 Å². The number of urea groups is 1. The number of hydrogen-bond donors (Lipinski definition) is 0. The van der Waals surface area contributed by atoms with Crippen LogP contribution >= 0.6 is 0 Å². The van der Waals surface area contributed by atoms with E-state index in [1.165, 1.54) is 0 Å². The molecule has 2 aromatic rings. The lowest BCUT2D eigenvalue weighted by molar-refractivity contribution is -0.134. The van der Waals surface area contributed by atoms with Gasteiger partial charge in [-0.2, -0.15) is 0 Å². The summed E-state index contributed by atoms with van der Waals surface area (Å²) in [6, 6.07) is 13.1. The molecule has 2 aliphatic rings. The maximum Gasteiger partial charge on any atom is 0.325 e. The largest absolute Gasteiger partial charge is 0.471 e. The fourth-order valence-corrected chi connectivity index (χ4v) is 3.89. The fraction of sp³-hybridized carbons (Fsp3) is 0.455. The van der Waals surface area contributed by atoms with Crippen molar-refractivity contribution in [2.45, 2.75) is 18.9 Å². The maximum absolute atomic E-state index is 12.9. The Kier molecular flexibility index (Phi) is 6.20. The van der Waals surface area contributed by atoms with Crippen molar-refractivity contribution < 1.29 is 14.3 Å². The molecule has 2 aliphatic heterocycles. The molecule has 0 aliphatic carbocycles. The van der Waals surface area contributed by atoms with Gasteiger partial charge in [-0.3, -0.25) is 9.69 Å². The molecule has 4 rings (SSSR count). The van der Waals surface area contributed by atoms with Crippen molar-refractivity contribution in [1.82, 2.24) is 20.0 Å². The van der Waals surface area contributed by atoms with Gasteiger partial charge in [-0.25, -0.2) is 4.79 Å². The van der Waals surface area contributed by atoms with Crippen molar-refractivity contribution in [1.29, 1.82) is 0 Å². The quantitative estimate of drug-likeness (QED) is 0.704. The smallest absolute Gasteiger partial charge is 0.325 e. The van der Waals surface area contributed by atoms with Crippen LogP contribution in [0.15, 0.2) is 42.5 Å². The van der Waals surface area contributed by atoms with Crippen LogP contribution < -0.4 is 14.5 Å². The number of benzene rings is 1. The van der Waals surface area contributed by atoms with Gasteiger partial charge in [0.2, 0.25) is 11.8 Å². The first-order valence-corrected chi connectivity index (χ1v) is 10.6. The average molecular weight is 425 g/mol. The molecule has 3 heterocycles. The zero-order chi connectivity index (χ0) is 21.8. The molecular weight excluding hydrogens is 396 g/mol. The Bertz CT molecular complexity index is 905. The van der Waals surface area contributed by atoms with Crippen molar-refractivity contribution in [3.8, 4) is 5.88 Å². The summed E-state index contributed by atoms with van der Waals surface area (Å²) in [5, 5.41) is 8.25. The summed E-state index contributed by atoms with van der Waals surface area (Å²) in [4.78, 5) is 32.6. The summed E-state index contributed by atoms with van der Waals surface area (Å²) in [5.74, 6) is 1.16. The monoisotopic (exact) mass is 424 g/mol. The van der Waals surface area contributed by atoms with Gasteiger partial charge in [0.05, 0.1) is 6.54 Å². The lowest BCUT2D eigenvalue weighted by Gasteiger charge is -2.33. The third kappa shape index (κ3) is 4.87. The van der Waals surface area contributed by atoms with E-state index in [9.17, 15) is 9.59 Å². The summed E-state index contributed by atoms with van der Waals surface area (Å²) in [5.41, 5.74) is 0.857. The summed E-state index contributed by atoms with van der Waals surface area (Å²) >= 11 is 0. The molecule has 31 heavy (non-hydrogen) atoms. The summed E-state index contributed by atoms with van der Waals surface area (Å²) in [6.07, 6.45) is 1.57. The highest BCUT2D eigenvalue weighted by molar-refractivity contribution is 5.96. The molecule has 2 saturated heterocycles. The Morgan fingerprint density at radius 2 is 1.90 bits per heavy atom. The predicted octanol–water partition coefficient (Wildman–Crippen LogP) is 1.85. The van der Waals surface area contributed by atoms with Crippen molar-refractivity contribution in [3.05, 3.63) is 42.5 Å². The van der Waals surface area contributed by atoms with Gasteiger partial charge in [-0.15, -0.1) is 10.2 Å². The van der Waals surface area contributed by atoms with E-state index in [1.807, 2.05) is 55.4 Å². The van der Waals surface area contributed by atoms with Crippen LogP contribution in [0.3, 0.4) is 0 Å². The molecule has 1 atom stereocenters. The third-order valence-corrected chi connectivity index (χ3v) is 5.59. The minimum absolute atomic E-state index is 0.0504. The average Bonchev–Trinajstić information content (AvgIpc) is 3.15. The van der Waals surface area contributed by atoms with Crippen molar-refractivity contribution in [3.63, 3.8) is 0 Å². The van der Waals surface area contributed by atoms with Gasteiger partial charge in [-0.1, -0.05) is 18.2 Å². The van der Waals surface area contributed by atoms with Gasteiger partial charge in [0.25, 0.3) is 0 Å². The first-order valence-electron chi connectivity index (χ1n) is 10.6. The van der Waals surface area contributed by atoms with Crippen LogP contribution in [0.1, 0.15) is 12.8 Å². The predicted molar refractivity (Wildman–Crippen MR) is 117 cm³/mol. The zero-order valence-corrected chi connectivity index (χ0v) is 18.0. The minimum Gasteiger partial charge on any atom is -0.471 e. The third-order valence-electron chi connectivity index (χ3n) is 5.59. The highest BCUT2D eigenvalue weighted by atomic mass is 16.5. The van der Waals surface area contributed by atoms with Gasteiger partial charge in [0.1, 0.15) is 12.6 Å². The molecule has 2 fully saturated rings. The molecule has 0 N–H and O–H groups in total. The van der Waals surface area contributed by atoms with E-state index in [2.05, 4.69) is 10.2 Å². The molecule has 0 spiro atoms. The highest BCUT2D eigenvalue weighted by Gasteiger charge is 2.33. The lowest BCUT2D eigenvalue weighted by atomic mass is 10.1. The van der Waals surface area contributed by atoms with Crippen LogP contribution in [0.5, 0.6) is 5.88 Å². The lowest BCUT2D eigenvalue weighted by Crippen LogP contribution is -2.48. The van der Waals surface area contributed by atoms with E-state index in [0.29, 0.717) is 32.1 Å². The van der Waals surface area contributed by atoms with E-state index < -0.39 is 0 Å². The Labute approximate surface area is 182 Å². The molecule has 1 unspecified atom stereocenters. The van der Waals surface area contributed by atoms with Gasteiger partial charge in [0.15, 0.2) is 5.82 Å². The number of hydrogen-bond acceptors (Lipinski definition) is 6. The Hall–Kier alpha value is -3.36. The molecule has 3 amide bonds. The topological polar surface area (TPSA) is 82.1 Å². The Balaban J connectivity index is 1.31. The number of anilines is 2. The number of amides is 3. The molecule has 164 valence electrons. The van der Waals surface area contributed by atoms with Gasteiger partial charge < -0.3 is 19.4 Å². The van der Waals surface area contributed by atoms with Crippen LogP contribution in [0.2, 0.25) is 0 Å². The molecule has 1 aromatic heterocycles. The number of rotatable bonds is 6. The Morgan fingerprint density at radius 3 is 2.61 bits per heavy atom. The summed E-state index contributed by atoms with van der Waals surface area (Å²) in [6.45, 7) is 2.38. The second-order valence-corrected chi connectivity index (χ2v) is 8.04. The number of nitrogens with zero attached hydrogens (tertiary/aromatic N) is 6. The first kappa shape index (κ1) is 20.9. The Morgan fingerprint density at radius 1 is 1.10 bits per heavy atom. The molecule has 1 aromatic carbocycles. The zero-order valence-electron chi connectivity index (χ0n) is 18.0. The molecule has 0 radical (unpaired) electrons. The van der Waals surface area contributed by atoms with E-state index in [0.717, 1.165) is 24.3 Å². The van der Waals surface area contributed by atoms with E-state index in [1.54, 1.807) is 20.8 Å². The molecule has 0 saturated carbocycles. The summed E-state index contributed by atoms with van der Waals surface area (Å²) < 4.78 is 5.96. The van der Waals surface area contributed by atoms with Crippen LogP contribution in [0.4, 0.5) is 16.3 Å². The van der Waals surface area contributed by atoms with Crippen molar-refractivity contribution >= 4 is 23.4 Å². The van der Waals surface area contributed by atoms with Crippen LogP contribution in [0.25, 0.3) is 0 Å². The number of carbonyl (C=O) groups excluding carboxylic acids is 2. The van der Waals surface area contributed by atoms with E-state index in [-0.39, 0.29) is 24.6 Å². The first-order chi connectivity index (χ1) is 15.0. The number of piperidine rings is 1. The van der Waals surface area contributed by atoms with E-state index >= 15 is 0 Å². The number of aromatic nitrogens is 2. The molecule has 9 heteroatoms. The SMILES string of the molecule is CN(C)c1ccc(OC2CCCN(C(=O)CN3CCN(c4ccccc4)C3=O)C2)nn1. The maximum atomic E-state index is 12.9. The highest BCUT2D eigenvalue weighted by Crippen LogP contribution is 2.21.